The first-order valence-corrected chi connectivity index (χ1v) is 14.9. The molecule has 0 N–H and O–H groups in total. The molecular formula is C32H40FN3O2. The van der Waals surface area contributed by atoms with Gasteiger partial charge in [0, 0.05) is 30.6 Å². The Morgan fingerprint density at radius 3 is 2.68 bits per heavy atom. The topological polar surface area (TPSA) is 53.0 Å². The number of aryl methyl sites for hydroxylation is 1. The van der Waals surface area contributed by atoms with E-state index in [1.165, 1.54) is 16.7 Å². The van der Waals surface area contributed by atoms with Crippen LogP contribution >= 0.6 is 0 Å². The Kier molecular flexibility index (Phi) is 5.65. The Morgan fingerprint density at radius 2 is 1.95 bits per heavy atom. The van der Waals surface area contributed by atoms with Crippen LogP contribution in [-0.4, -0.2) is 58.8 Å². The molecule has 4 fully saturated rings. The van der Waals surface area contributed by atoms with Crippen molar-refractivity contribution in [1.82, 2.24) is 9.80 Å². The molecule has 0 aromatic heterocycles. The van der Waals surface area contributed by atoms with Gasteiger partial charge >= 0.3 is 0 Å². The van der Waals surface area contributed by atoms with E-state index in [1.807, 2.05) is 9.80 Å². The van der Waals surface area contributed by atoms with Gasteiger partial charge < -0.3 is 4.90 Å². The van der Waals surface area contributed by atoms with Crippen molar-refractivity contribution in [3.63, 3.8) is 0 Å². The van der Waals surface area contributed by atoms with Crippen LogP contribution in [0.1, 0.15) is 93.7 Å². The van der Waals surface area contributed by atoms with E-state index in [4.69, 9.17) is 4.99 Å². The fourth-order valence-corrected chi connectivity index (χ4v) is 7.49. The predicted molar refractivity (Wildman–Crippen MR) is 146 cm³/mol. The number of carbonyl (C=O) groups excluding carboxylic acids is 2. The van der Waals surface area contributed by atoms with Crippen molar-refractivity contribution in [3.8, 4) is 0 Å². The van der Waals surface area contributed by atoms with Gasteiger partial charge in [0.1, 0.15) is 17.5 Å². The highest BCUT2D eigenvalue weighted by molar-refractivity contribution is 6.16. The third kappa shape index (κ3) is 4.14. The van der Waals surface area contributed by atoms with Crippen molar-refractivity contribution >= 4 is 17.6 Å². The molecule has 1 spiro atoms. The van der Waals surface area contributed by atoms with Gasteiger partial charge in [0.25, 0.3) is 5.91 Å². The normalized spacial score (nSPS) is 32.8. The standard InChI is InChI=1S/C32H40FN3O2/c1-20-15-22(23-3-4-25-17-26(33)7-5-24(25)16-23)6-8-27(20)28-34-32(12-13-32)30(38)36(28)19-21-9-14-35(18-21)29(37)31(2)10-11-31/h4,6,8,15,21,23-24,26H,3,5,7,9-14,16-19H2,1-2H3/t21-,23?,24?,26?/m1/s1. The second-order valence-corrected chi connectivity index (χ2v) is 13.4. The van der Waals surface area contributed by atoms with Crippen LogP contribution in [0.15, 0.2) is 34.8 Å². The van der Waals surface area contributed by atoms with Gasteiger partial charge in [-0.25, -0.2) is 4.39 Å². The number of likely N-dealkylation sites (tertiary alicyclic amines) is 1. The Bertz CT molecular complexity index is 1240. The Morgan fingerprint density at radius 1 is 1.13 bits per heavy atom. The molecule has 3 unspecified atom stereocenters. The highest BCUT2D eigenvalue weighted by atomic mass is 19.1. The summed E-state index contributed by atoms with van der Waals surface area (Å²) in [4.78, 5) is 35.4. The minimum atomic E-state index is -0.655. The molecule has 1 saturated heterocycles. The monoisotopic (exact) mass is 517 g/mol. The summed E-state index contributed by atoms with van der Waals surface area (Å²) in [6.45, 7) is 6.42. The molecule has 7 rings (SSSR count). The van der Waals surface area contributed by atoms with Gasteiger partial charge in [-0.05, 0) is 100 Å². The number of carbonyl (C=O) groups is 2. The van der Waals surface area contributed by atoms with Crippen LogP contribution in [0.25, 0.3) is 0 Å². The zero-order valence-electron chi connectivity index (χ0n) is 22.8. The number of nitrogens with zero attached hydrogens (tertiary/aromatic N) is 3. The fraction of sp³-hybridized carbons (Fsp3) is 0.656. The molecule has 0 radical (unpaired) electrons. The maximum absolute atomic E-state index is 13.9. The van der Waals surface area contributed by atoms with Gasteiger partial charge in [-0.2, -0.15) is 0 Å². The lowest BCUT2D eigenvalue weighted by Gasteiger charge is -2.35. The summed E-state index contributed by atoms with van der Waals surface area (Å²) in [6.07, 6.45) is 10.7. The molecule has 5 nitrogen and oxygen atoms in total. The van der Waals surface area contributed by atoms with E-state index in [0.717, 1.165) is 75.9 Å². The number of fused-ring (bicyclic) bond motifs is 1. The molecule has 4 atom stereocenters. The molecule has 2 heterocycles. The lowest BCUT2D eigenvalue weighted by molar-refractivity contribution is -0.135. The molecule has 4 aliphatic carbocycles. The van der Waals surface area contributed by atoms with Crippen molar-refractivity contribution in [2.24, 2.45) is 22.2 Å². The molecule has 6 heteroatoms. The number of rotatable bonds is 5. The van der Waals surface area contributed by atoms with Crippen LogP contribution < -0.4 is 0 Å². The van der Waals surface area contributed by atoms with Crippen LogP contribution in [0.5, 0.6) is 0 Å². The van der Waals surface area contributed by atoms with Crippen molar-refractivity contribution in [1.29, 1.82) is 0 Å². The first kappa shape index (κ1) is 24.5. The molecule has 3 saturated carbocycles. The van der Waals surface area contributed by atoms with Gasteiger partial charge in [-0.3, -0.25) is 19.5 Å². The smallest absolute Gasteiger partial charge is 0.256 e. The average Bonchev–Trinajstić information content (AvgIpc) is 3.79. The summed E-state index contributed by atoms with van der Waals surface area (Å²) < 4.78 is 13.9. The molecular weight excluding hydrogens is 477 g/mol. The number of amides is 2. The number of hydrogen-bond acceptors (Lipinski definition) is 3. The highest BCUT2D eigenvalue weighted by Gasteiger charge is 2.58. The van der Waals surface area contributed by atoms with E-state index in [9.17, 15) is 14.0 Å². The molecule has 2 amide bonds. The number of halogens is 1. The third-order valence-electron chi connectivity index (χ3n) is 10.5. The molecule has 202 valence electrons. The van der Waals surface area contributed by atoms with E-state index in [-0.39, 0.29) is 11.3 Å². The maximum atomic E-state index is 13.9. The number of hydrogen-bond donors (Lipinski definition) is 0. The molecule has 38 heavy (non-hydrogen) atoms. The summed E-state index contributed by atoms with van der Waals surface area (Å²) in [6, 6.07) is 6.72. The van der Waals surface area contributed by atoms with Crippen molar-refractivity contribution in [2.75, 3.05) is 19.6 Å². The Labute approximate surface area is 225 Å². The zero-order chi connectivity index (χ0) is 26.2. The number of alkyl halides is 1. The third-order valence-corrected chi connectivity index (χ3v) is 10.5. The highest BCUT2D eigenvalue weighted by Crippen LogP contribution is 2.49. The van der Waals surface area contributed by atoms with Crippen molar-refractivity contribution in [2.45, 2.75) is 95.7 Å². The van der Waals surface area contributed by atoms with Crippen molar-refractivity contribution in [3.05, 3.63) is 46.5 Å². The summed E-state index contributed by atoms with van der Waals surface area (Å²) >= 11 is 0. The van der Waals surface area contributed by atoms with E-state index < -0.39 is 11.7 Å². The summed E-state index contributed by atoms with van der Waals surface area (Å²) in [7, 11) is 0. The average molecular weight is 518 g/mol. The fourth-order valence-electron chi connectivity index (χ4n) is 7.49. The minimum absolute atomic E-state index is 0.135. The zero-order valence-corrected chi connectivity index (χ0v) is 22.8. The van der Waals surface area contributed by atoms with Gasteiger partial charge in [-0.1, -0.05) is 36.8 Å². The van der Waals surface area contributed by atoms with Crippen molar-refractivity contribution < 1.29 is 14.0 Å². The lowest BCUT2D eigenvalue weighted by Crippen LogP contribution is -2.41. The van der Waals surface area contributed by atoms with Crippen LogP contribution in [0.4, 0.5) is 4.39 Å². The van der Waals surface area contributed by atoms with Crippen LogP contribution in [-0.2, 0) is 9.59 Å². The second kappa shape index (κ2) is 8.76. The molecule has 0 bridgehead atoms. The second-order valence-electron chi connectivity index (χ2n) is 13.4. The first-order chi connectivity index (χ1) is 18.2. The maximum Gasteiger partial charge on any atom is 0.256 e. The summed E-state index contributed by atoms with van der Waals surface area (Å²) in [5.74, 6) is 2.59. The largest absolute Gasteiger partial charge is 0.342 e. The summed E-state index contributed by atoms with van der Waals surface area (Å²) in [5, 5.41) is 0. The molecule has 1 aromatic rings. The quantitative estimate of drug-likeness (QED) is 0.470. The van der Waals surface area contributed by atoms with Crippen LogP contribution in [0.2, 0.25) is 0 Å². The first-order valence-electron chi connectivity index (χ1n) is 14.9. The molecule has 2 aliphatic heterocycles. The van der Waals surface area contributed by atoms with E-state index in [1.54, 1.807) is 0 Å². The Hall–Kier alpha value is -2.50. The van der Waals surface area contributed by atoms with Crippen LogP contribution in [0, 0.1) is 24.2 Å². The van der Waals surface area contributed by atoms with Crippen LogP contribution in [0.3, 0.4) is 0 Å². The Balaban J connectivity index is 1.08. The van der Waals surface area contributed by atoms with E-state index >= 15 is 0 Å². The number of allylic oxidation sites excluding steroid dienone is 2. The van der Waals surface area contributed by atoms with E-state index in [2.05, 4.69) is 38.1 Å². The molecule has 1 aromatic carbocycles. The predicted octanol–water partition coefficient (Wildman–Crippen LogP) is 5.71. The lowest BCUT2D eigenvalue weighted by atomic mass is 9.71. The molecule has 6 aliphatic rings. The van der Waals surface area contributed by atoms with Gasteiger partial charge in [0.15, 0.2) is 0 Å². The number of benzene rings is 1. The van der Waals surface area contributed by atoms with E-state index in [0.29, 0.717) is 43.0 Å². The van der Waals surface area contributed by atoms with Gasteiger partial charge in [0.2, 0.25) is 5.91 Å². The minimum Gasteiger partial charge on any atom is -0.342 e. The number of amidine groups is 1. The van der Waals surface area contributed by atoms with Gasteiger partial charge in [0.05, 0.1) is 0 Å². The summed E-state index contributed by atoms with van der Waals surface area (Å²) in [5.41, 5.74) is 4.26. The SMILES string of the molecule is Cc1cc(C2CC=C3CC(F)CCC3C2)ccc1C1=NC2(CC2)C(=O)N1C[C@@H]1CCN(C(=O)C2(C)CC2)C1. The number of aliphatic imine (C=N–C) groups is 1. The van der Waals surface area contributed by atoms with Gasteiger partial charge in [-0.15, -0.1) is 0 Å².